The number of rotatable bonds is 12. The van der Waals surface area contributed by atoms with Gasteiger partial charge in [0.2, 0.25) is 0 Å². The van der Waals surface area contributed by atoms with E-state index in [-0.39, 0.29) is 0 Å². The SMILES string of the molecule is CC[Si](CC)(CC)OCC=C(C)CCC=C(C)CCC=C(C)C. The maximum Gasteiger partial charge on any atom is 0.192 e. The van der Waals surface area contributed by atoms with E-state index in [1.54, 1.807) is 0 Å². The molecule has 0 rings (SSSR count). The van der Waals surface area contributed by atoms with Gasteiger partial charge < -0.3 is 4.43 Å². The molecule has 134 valence electrons. The Morgan fingerprint density at radius 1 is 0.739 bits per heavy atom. The van der Waals surface area contributed by atoms with Crippen molar-refractivity contribution >= 4 is 8.32 Å². The first-order valence-corrected chi connectivity index (χ1v) is 12.0. The predicted molar refractivity (Wildman–Crippen MR) is 109 cm³/mol. The molecule has 0 aromatic heterocycles. The molecule has 0 N–H and O–H groups in total. The molecule has 0 atom stereocenters. The summed E-state index contributed by atoms with van der Waals surface area (Å²) in [5, 5.41) is 0. The fraction of sp³-hybridized carbons (Fsp3) is 0.714. The minimum Gasteiger partial charge on any atom is -0.413 e. The van der Waals surface area contributed by atoms with Crippen molar-refractivity contribution in [2.45, 2.75) is 92.3 Å². The van der Waals surface area contributed by atoms with Gasteiger partial charge in [0.05, 0.1) is 6.61 Å². The van der Waals surface area contributed by atoms with E-state index in [0.29, 0.717) is 0 Å². The van der Waals surface area contributed by atoms with Gasteiger partial charge in [-0.1, -0.05) is 55.7 Å². The summed E-state index contributed by atoms with van der Waals surface area (Å²) >= 11 is 0. The monoisotopic (exact) mass is 336 g/mol. The molecule has 0 bridgehead atoms. The van der Waals surface area contributed by atoms with E-state index in [2.05, 4.69) is 66.7 Å². The van der Waals surface area contributed by atoms with Crippen LogP contribution in [0.15, 0.2) is 34.9 Å². The van der Waals surface area contributed by atoms with Crippen molar-refractivity contribution in [3.05, 3.63) is 34.9 Å². The van der Waals surface area contributed by atoms with Gasteiger partial charge in [0.1, 0.15) is 0 Å². The number of hydrogen-bond donors (Lipinski definition) is 0. The second-order valence-electron chi connectivity index (χ2n) is 7.01. The summed E-state index contributed by atoms with van der Waals surface area (Å²) in [6, 6.07) is 3.71. The highest BCUT2D eigenvalue weighted by molar-refractivity contribution is 6.73. The largest absolute Gasteiger partial charge is 0.413 e. The highest BCUT2D eigenvalue weighted by Gasteiger charge is 2.27. The molecule has 0 aromatic rings. The van der Waals surface area contributed by atoms with Crippen molar-refractivity contribution in [1.82, 2.24) is 0 Å². The molecule has 0 amide bonds. The van der Waals surface area contributed by atoms with Gasteiger partial charge in [-0.15, -0.1) is 0 Å². The Hall–Kier alpha value is -0.603. The molecule has 0 fully saturated rings. The van der Waals surface area contributed by atoms with Gasteiger partial charge in [0.25, 0.3) is 0 Å². The summed E-state index contributed by atoms with van der Waals surface area (Å²) < 4.78 is 6.29. The Morgan fingerprint density at radius 2 is 1.22 bits per heavy atom. The molecule has 0 spiro atoms. The molecular formula is C21H40OSi. The lowest BCUT2D eigenvalue weighted by atomic mass is 10.1. The fourth-order valence-electron chi connectivity index (χ4n) is 2.76. The number of allylic oxidation sites excluding steroid dienone is 5. The summed E-state index contributed by atoms with van der Waals surface area (Å²) in [6.45, 7) is 16.5. The van der Waals surface area contributed by atoms with Crippen LogP contribution in [0.4, 0.5) is 0 Å². The molecule has 0 saturated heterocycles. The first kappa shape index (κ1) is 22.4. The van der Waals surface area contributed by atoms with Crippen LogP contribution in [0.5, 0.6) is 0 Å². The summed E-state index contributed by atoms with van der Waals surface area (Å²) in [5.41, 5.74) is 4.40. The highest BCUT2D eigenvalue weighted by atomic mass is 28.4. The van der Waals surface area contributed by atoms with Crippen LogP contribution in [0.3, 0.4) is 0 Å². The van der Waals surface area contributed by atoms with E-state index >= 15 is 0 Å². The van der Waals surface area contributed by atoms with Crippen molar-refractivity contribution in [3.8, 4) is 0 Å². The fourth-order valence-corrected chi connectivity index (χ4v) is 5.31. The third-order valence-electron chi connectivity index (χ3n) is 4.88. The van der Waals surface area contributed by atoms with E-state index in [1.165, 1.54) is 47.7 Å². The molecule has 23 heavy (non-hydrogen) atoms. The zero-order chi connectivity index (χ0) is 17.7. The van der Waals surface area contributed by atoms with Crippen LogP contribution in [-0.4, -0.2) is 14.9 Å². The summed E-state index contributed by atoms with van der Waals surface area (Å²) in [5.74, 6) is 0. The quantitative estimate of drug-likeness (QED) is 0.266. The Kier molecular flexibility index (Phi) is 12.4. The minimum atomic E-state index is -1.42. The van der Waals surface area contributed by atoms with Gasteiger partial charge in [0.15, 0.2) is 8.32 Å². The van der Waals surface area contributed by atoms with Crippen molar-refractivity contribution in [3.63, 3.8) is 0 Å². The Morgan fingerprint density at radius 3 is 1.70 bits per heavy atom. The summed E-state index contributed by atoms with van der Waals surface area (Å²) in [7, 11) is -1.42. The van der Waals surface area contributed by atoms with E-state index < -0.39 is 8.32 Å². The molecule has 0 aliphatic heterocycles. The second kappa shape index (κ2) is 12.8. The van der Waals surface area contributed by atoms with Crippen LogP contribution < -0.4 is 0 Å². The van der Waals surface area contributed by atoms with E-state index in [4.69, 9.17) is 4.43 Å². The maximum atomic E-state index is 6.29. The number of hydrogen-bond acceptors (Lipinski definition) is 1. The smallest absolute Gasteiger partial charge is 0.192 e. The molecule has 0 aromatic carbocycles. The lowest BCUT2D eigenvalue weighted by molar-refractivity contribution is 0.341. The van der Waals surface area contributed by atoms with Crippen molar-refractivity contribution in [2.24, 2.45) is 0 Å². The molecule has 0 radical (unpaired) electrons. The first-order chi connectivity index (χ1) is 10.9. The van der Waals surface area contributed by atoms with Gasteiger partial charge in [-0.2, -0.15) is 0 Å². The normalized spacial score (nSPS) is 13.3. The predicted octanol–water partition coefficient (Wildman–Crippen LogP) is 7.43. The molecule has 2 heteroatoms. The van der Waals surface area contributed by atoms with Crippen LogP contribution in [-0.2, 0) is 4.43 Å². The van der Waals surface area contributed by atoms with Crippen molar-refractivity contribution in [1.29, 1.82) is 0 Å². The molecule has 0 heterocycles. The summed E-state index contributed by atoms with van der Waals surface area (Å²) in [4.78, 5) is 0. The lowest BCUT2D eigenvalue weighted by Crippen LogP contribution is -2.35. The van der Waals surface area contributed by atoms with E-state index in [1.807, 2.05) is 0 Å². The topological polar surface area (TPSA) is 9.23 Å². The molecule has 0 saturated carbocycles. The van der Waals surface area contributed by atoms with Gasteiger partial charge in [-0.05, 0) is 71.5 Å². The van der Waals surface area contributed by atoms with Crippen LogP contribution in [0, 0.1) is 0 Å². The Labute approximate surface area is 147 Å². The average molecular weight is 337 g/mol. The first-order valence-electron chi connectivity index (χ1n) is 9.47. The average Bonchev–Trinajstić information content (AvgIpc) is 2.51. The molecule has 0 unspecified atom stereocenters. The van der Waals surface area contributed by atoms with Crippen LogP contribution in [0.25, 0.3) is 0 Å². The standard InChI is InChI=1S/C21H40OSi/c1-8-23(9-2,10-3)22-18-17-21(7)16-12-15-20(6)14-11-13-19(4)5/h13,15,17H,8-12,14,16,18H2,1-7H3. The van der Waals surface area contributed by atoms with Gasteiger partial charge >= 0.3 is 0 Å². The van der Waals surface area contributed by atoms with Gasteiger partial charge in [0, 0.05) is 0 Å². The Balaban J connectivity index is 4.14. The molecule has 1 nitrogen and oxygen atoms in total. The molecule has 0 aliphatic carbocycles. The second-order valence-corrected chi connectivity index (χ2v) is 11.8. The lowest BCUT2D eigenvalue weighted by Gasteiger charge is -2.27. The van der Waals surface area contributed by atoms with Crippen molar-refractivity contribution < 1.29 is 4.43 Å². The van der Waals surface area contributed by atoms with Gasteiger partial charge in [-0.25, -0.2) is 0 Å². The Bertz CT molecular complexity index is 388. The van der Waals surface area contributed by atoms with E-state index in [9.17, 15) is 0 Å². The van der Waals surface area contributed by atoms with Gasteiger partial charge in [-0.3, -0.25) is 0 Å². The molecular weight excluding hydrogens is 296 g/mol. The maximum absolute atomic E-state index is 6.29. The zero-order valence-corrected chi connectivity index (χ0v) is 17.8. The summed E-state index contributed by atoms with van der Waals surface area (Å²) in [6.07, 6.45) is 11.7. The van der Waals surface area contributed by atoms with Crippen molar-refractivity contribution in [2.75, 3.05) is 6.61 Å². The third kappa shape index (κ3) is 10.7. The van der Waals surface area contributed by atoms with Crippen LogP contribution >= 0.6 is 0 Å². The minimum absolute atomic E-state index is 0.816. The molecule has 0 aliphatic rings. The van der Waals surface area contributed by atoms with Crippen LogP contribution in [0.2, 0.25) is 18.1 Å². The van der Waals surface area contributed by atoms with E-state index in [0.717, 1.165) is 19.4 Å². The highest BCUT2D eigenvalue weighted by Crippen LogP contribution is 2.21. The third-order valence-corrected chi connectivity index (χ3v) is 9.52. The van der Waals surface area contributed by atoms with Crippen LogP contribution in [0.1, 0.15) is 74.1 Å². The zero-order valence-electron chi connectivity index (χ0n) is 16.8.